The Morgan fingerprint density at radius 2 is 1.65 bits per heavy atom. The van der Waals surface area contributed by atoms with Crippen LogP contribution in [0.1, 0.15) is 88.1 Å². The van der Waals surface area contributed by atoms with Gasteiger partial charge in [-0.1, -0.05) is 51.2 Å². The third kappa shape index (κ3) is 6.75. The Morgan fingerprint density at radius 1 is 1.04 bits per heavy atom. The molecule has 0 radical (unpaired) electrons. The number of carbonyl (C=O) groups is 1. The van der Waals surface area contributed by atoms with Crippen LogP contribution in [0.25, 0.3) is 0 Å². The summed E-state index contributed by atoms with van der Waals surface area (Å²) >= 11 is 0. The van der Waals surface area contributed by atoms with E-state index in [0.29, 0.717) is 11.5 Å². The number of nitrogens with two attached hydrogens (primary N) is 1. The van der Waals surface area contributed by atoms with Crippen LogP contribution < -0.4 is 5.32 Å². The second kappa shape index (κ2) is 10.7. The normalized spacial score (nSPS) is 15.8. The summed E-state index contributed by atoms with van der Waals surface area (Å²) < 4.78 is 5.89. The maximum absolute atomic E-state index is 12.5. The highest BCUT2D eigenvalue weighted by Gasteiger charge is 2.35. The molecule has 0 unspecified atom stereocenters. The van der Waals surface area contributed by atoms with E-state index in [1.807, 2.05) is 12.1 Å². The molecule has 1 heterocycles. The summed E-state index contributed by atoms with van der Waals surface area (Å²) in [6, 6.07) is 8.04. The number of esters is 1. The predicted molar refractivity (Wildman–Crippen MR) is 107 cm³/mol. The molecule has 0 amide bonds. The minimum absolute atomic E-state index is 0.185. The molecular formula is C23H38NO2+. The average molecular weight is 361 g/mol. The van der Waals surface area contributed by atoms with Crippen molar-refractivity contribution >= 4 is 5.97 Å². The summed E-state index contributed by atoms with van der Waals surface area (Å²) in [5.74, 6) is 0.277. The summed E-state index contributed by atoms with van der Waals surface area (Å²) in [5.41, 5.74) is 1.61. The van der Waals surface area contributed by atoms with Crippen molar-refractivity contribution in [1.29, 1.82) is 0 Å². The minimum atomic E-state index is -0.386. The molecule has 0 aliphatic carbocycles. The number of hydrogen-bond donors (Lipinski definition) is 1. The van der Waals surface area contributed by atoms with E-state index < -0.39 is 0 Å². The standard InChI is InChI=1S/C23H37NO2/c1-4-5-6-7-8-9-10-19-11-13-20(14-12-19)22(25)26-23(2,3)21-15-17-24-18-16-21/h11-14,21,24H,4-10,15-18H2,1-3H3/p+1. The van der Waals surface area contributed by atoms with Crippen molar-refractivity contribution in [1.82, 2.24) is 0 Å². The van der Waals surface area contributed by atoms with Crippen LogP contribution in [0.15, 0.2) is 24.3 Å². The van der Waals surface area contributed by atoms with Gasteiger partial charge in [-0.3, -0.25) is 0 Å². The number of quaternary nitrogens is 1. The molecule has 1 saturated heterocycles. The van der Waals surface area contributed by atoms with Crippen molar-refractivity contribution < 1.29 is 14.8 Å². The van der Waals surface area contributed by atoms with E-state index in [0.717, 1.165) is 32.4 Å². The molecule has 146 valence electrons. The van der Waals surface area contributed by atoms with Gasteiger partial charge < -0.3 is 10.1 Å². The molecule has 2 rings (SSSR count). The lowest BCUT2D eigenvalue weighted by atomic mass is 9.83. The molecule has 0 spiro atoms. The Bertz CT molecular complexity index is 530. The maximum atomic E-state index is 12.5. The van der Waals surface area contributed by atoms with Gasteiger partial charge in [0.25, 0.3) is 0 Å². The van der Waals surface area contributed by atoms with Gasteiger partial charge in [-0.2, -0.15) is 0 Å². The van der Waals surface area contributed by atoms with Gasteiger partial charge in [0.05, 0.1) is 18.7 Å². The Kier molecular flexibility index (Phi) is 8.64. The van der Waals surface area contributed by atoms with Crippen LogP contribution in [0.3, 0.4) is 0 Å². The van der Waals surface area contributed by atoms with E-state index >= 15 is 0 Å². The van der Waals surface area contributed by atoms with Crippen LogP contribution in [0, 0.1) is 5.92 Å². The molecule has 0 aromatic heterocycles. The largest absolute Gasteiger partial charge is 0.456 e. The van der Waals surface area contributed by atoms with Crippen molar-refractivity contribution in [2.75, 3.05) is 13.1 Å². The number of benzene rings is 1. The van der Waals surface area contributed by atoms with Crippen LogP contribution in [0.5, 0.6) is 0 Å². The van der Waals surface area contributed by atoms with Gasteiger partial charge in [-0.05, 0) is 44.4 Å². The van der Waals surface area contributed by atoms with E-state index in [2.05, 4.69) is 38.2 Å². The second-order valence-corrected chi connectivity index (χ2v) is 8.35. The first kappa shape index (κ1) is 21.0. The molecule has 3 nitrogen and oxygen atoms in total. The summed E-state index contributed by atoms with van der Waals surface area (Å²) in [4.78, 5) is 12.5. The molecule has 0 atom stereocenters. The molecule has 26 heavy (non-hydrogen) atoms. The van der Waals surface area contributed by atoms with Crippen molar-refractivity contribution in [3.63, 3.8) is 0 Å². The lowest BCUT2D eigenvalue weighted by molar-refractivity contribution is -0.665. The van der Waals surface area contributed by atoms with E-state index in [-0.39, 0.29) is 11.6 Å². The molecule has 1 aromatic carbocycles. The van der Waals surface area contributed by atoms with Crippen molar-refractivity contribution in [3.8, 4) is 0 Å². The third-order valence-electron chi connectivity index (χ3n) is 5.79. The zero-order valence-electron chi connectivity index (χ0n) is 17.1. The molecule has 1 aromatic rings. The number of unbranched alkanes of at least 4 members (excludes halogenated alkanes) is 5. The minimum Gasteiger partial charge on any atom is -0.456 e. The van der Waals surface area contributed by atoms with Crippen LogP contribution >= 0.6 is 0 Å². The summed E-state index contributed by atoms with van der Waals surface area (Å²) in [6.45, 7) is 8.65. The topological polar surface area (TPSA) is 42.9 Å². The predicted octanol–water partition coefficient (Wildman–Crippen LogP) is 4.50. The van der Waals surface area contributed by atoms with Crippen LogP contribution in [-0.2, 0) is 11.2 Å². The zero-order valence-corrected chi connectivity index (χ0v) is 17.1. The molecule has 1 aliphatic heterocycles. The van der Waals surface area contributed by atoms with E-state index in [9.17, 15) is 4.79 Å². The Labute approximate surface area is 159 Å². The van der Waals surface area contributed by atoms with Crippen molar-refractivity contribution in [2.24, 2.45) is 5.92 Å². The lowest BCUT2D eigenvalue weighted by Crippen LogP contribution is -2.86. The first-order valence-electron chi connectivity index (χ1n) is 10.7. The highest BCUT2D eigenvalue weighted by atomic mass is 16.6. The fraction of sp³-hybridized carbons (Fsp3) is 0.696. The Hall–Kier alpha value is -1.35. The van der Waals surface area contributed by atoms with Gasteiger partial charge in [0.1, 0.15) is 5.60 Å². The molecule has 3 heteroatoms. The maximum Gasteiger partial charge on any atom is 0.338 e. The van der Waals surface area contributed by atoms with Crippen LogP contribution in [0.4, 0.5) is 0 Å². The summed E-state index contributed by atoms with van der Waals surface area (Å²) in [7, 11) is 0. The highest BCUT2D eigenvalue weighted by Crippen LogP contribution is 2.28. The highest BCUT2D eigenvalue weighted by molar-refractivity contribution is 5.89. The SMILES string of the molecule is CCCCCCCCc1ccc(C(=O)OC(C)(C)C2CC[NH2+]CC2)cc1. The van der Waals surface area contributed by atoms with Gasteiger partial charge in [0, 0.05) is 18.8 Å². The van der Waals surface area contributed by atoms with Gasteiger partial charge >= 0.3 is 5.97 Å². The monoisotopic (exact) mass is 360 g/mol. The first-order valence-corrected chi connectivity index (χ1v) is 10.7. The summed E-state index contributed by atoms with van der Waals surface area (Å²) in [5, 5.41) is 2.34. The Balaban J connectivity index is 1.78. The van der Waals surface area contributed by atoms with Gasteiger partial charge in [0.15, 0.2) is 0 Å². The van der Waals surface area contributed by atoms with Crippen molar-refractivity contribution in [2.45, 2.75) is 84.2 Å². The number of piperidine rings is 1. The Morgan fingerprint density at radius 3 is 2.31 bits per heavy atom. The number of carbonyl (C=O) groups excluding carboxylic acids is 1. The number of hydrogen-bond acceptors (Lipinski definition) is 2. The molecule has 0 saturated carbocycles. The molecule has 1 aliphatic rings. The van der Waals surface area contributed by atoms with Gasteiger partial charge in [0.2, 0.25) is 0 Å². The molecule has 2 N–H and O–H groups in total. The van der Waals surface area contributed by atoms with Crippen molar-refractivity contribution in [3.05, 3.63) is 35.4 Å². The number of aryl methyl sites for hydroxylation is 1. The van der Waals surface area contributed by atoms with Crippen LogP contribution in [0.2, 0.25) is 0 Å². The van der Waals surface area contributed by atoms with E-state index in [1.54, 1.807) is 0 Å². The van der Waals surface area contributed by atoms with Gasteiger partial charge in [-0.25, -0.2) is 4.79 Å². The lowest BCUT2D eigenvalue weighted by Gasteiger charge is -2.35. The first-order chi connectivity index (χ1) is 12.5. The van der Waals surface area contributed by atoms with E-state index in [4.69, 9.17) is 4.74 Å². The fourth-order valence-corrected chi connectivity index (χ4v) is 3.92. The quantitative estimate of drug-likeness (QED) is 0.493. The zero-order chi connectivity index (χ0) is 18.8. The van der Waals surface area contributed by atoms with Crippen LogP contribution in [-0.4, -0.2) is 24.7 Å². The number of rotatable bonds is 10. The third-order valence-corrected chi connectivity index (χ3v) is 5.79. The smallest absolute Gasteiger partial charge is 0.338 e. The second-order valence-electron chi connectivity index (χ2n) is 8.35. The summed E-state index contributed by atoms with van der Waals surface area (Å²) in [6.07, 6.45) is 11.2. The molecule has 0 bridgehead atoms. The molecule has 1 fully saturated rings. The molecular weight excluding hydrogens is 322 g/mol. The number of ether oxygens (including phenoxy) is 1. The van der Waals surface area contributed by atoms with Gasteiger partial charge in [-0.15, -0.1) is 0 Å². The van der Waals surface area contributed by atoms with E-state index in [1.165, 1.54) is 44.1 Å². The average Bonchev–Trinajstić information content (AvgIpc) is 2.65. The fourth-order valence-electron chi connectivity index (χ4n) is 3.92.